The Bertz CT molecular complexity index is 516. The first-order chi connectivity index (χ1) is 9.24. The van der Waals surface area contributed by atoms with Gasteiger partial charge in [0, 0.05) is 26.9 Å². The number of rotatable bonds is 6. The fraction of sp³-hybridized carbons (Fsp3) is 0.200. The zero-order valence-corrected chi connectivity index (χ0v) is 12.9. The van der Waals surface area contributed by atoms with Gasteiger partial charge >= 0.3 is 0 Å². The maximum absolute atomic E-state index is 5.69. The zero-order valence-electron chi connectivity index (χ0n) is 10.5. The minimum atomic E-state index is 0.715. The lowest BCUT2D eigenvalue weighted by atomic mass is 10.3. The van der Waals surface area contributed by atoms with Gasteiger partial charge in [-0.15, -0.1) is 11.8 Å². The normalized spacial score (nSPS) is 10.4. The summed E-state index contributed by atoms with van der Waals surface area (Å²) in [6.45, 7) is 0.715. The average Bonchev–Trinajstić information content (AvgIpc) is 2.41. The van der Waals surface area contributed by atoms with Crippen molar-refractivity contribution in [2.75, 3.05) is 18.1 Å². The van der Waals surface area contributed by atoms with Crippen LogP contribution in [0, 0.1) is 0 Å². The number of hydrogen-bond donors (Lipinski definition) is 1. The lowest BCUT2D eigenvalue weighted by Crippen LogP contribution is -1.99. The van der Waals surface area contributed by atoms with E-state index in [9.17, 15) is 0 Å². The number of nitrogens with two attached hydrogens (primary N) is 1. The van der Waals surface area contributed by atoms with E-state index in [0.29, 0.717) is 6.61 Å². The molecule has 2 rings (SSSR count). The Balaban J connectivity index is 1.66. The van der Waals surface area contributed by atoms with Gasteiger partial charge in [-0.25, -0.2) is 0 Å². The highest BCUT2D eigenvalue weighted by Crippen LogP contribution is 2.21. The minimum absolute atomic E-state index is 0.715. The van der Waals surface area contributed by atoms with E-state index >= 15 is 0 Å². The Hall–Kier alpha value is -1.13. The summed E-state index contributed by atoms with van der Waals surface area (Å²) in [6.07, 6.45) is 1.01. The molecule has 0 amide bonds. The van der Waals surface area contributed by atoms with Crippen LogP contribution in [0.15, 0.2) is 57.9 Å². The van der Waals surface area contributed by atoms with Crippen LogP contribution in [0.1, 0.15) is 6.42 Å². The number of nitrogen functional groups attached to an aromatic ring is 1. The number of thioether (sulfide) groups is 1. The SMILES string of the molecule is Nc1cccc(OCCCSc2ccc(Br)cc2)c1. The fourth-order valence-electron chi connectivity index (χ4n) is 1.57. The summed E-state index contributed by atoms with van der Waals surface area (Å²) in [7, 11) is 0. The molecule has 0 aliphatic carbocycles. The highest BCUT2D eigenvalue weighted by atomic mass is 79.9. The molecule has 0 bridgehead atoms. The molecule has 4 heteroatoms. The van der Waals surface area contributed by atoms with Crippen LogP contribution in [-0.4, -0.2) is 12.4 Å². The molecule has 2 N–H and O–H groups in total. The molecule has 0 aliphatic heterocycles. The van der Waals surface area contributed by atoms with E-state index in [0.717, 1.165) is 28.1 Å². The molecule has 0 saturated heterocycles. The van der Waals surface area contributed by atoms with Crippen molar-refractivity contribution < 1.29 is 4.74 Å². The molecule has 2 aromatic rings. The van der Waals surface area contributed by atoms with Crippen LogP contribution in [0.5, 0.6) is 5.75 Å². The summed E-state index contributed by atoms with van der Waals surface area (Å²) in [4.78, 5) is 1.28. The van der Waals surface area contributed by atoms with Gasteiger partial charge in [0.1, 0.15) is 5.75 Å². The Labute approximate surface area is 126 Å². The van der Waals surface area contributed by atoms with Crippen LogP contribution in [-0.2, 0) is 0 Å². The molecule has 0 atom stereocenters. The second-order valence-electron chi connectivity index (χ2n) is 4.08. The van der Waals surface area contributed by atoms with Crippen LogP contribution in [0.3, 0.4) is 0 Å². The average molecular weight is 338 g/mol. The number of anilines is 1. The molecule has 0 unspecified atom stereocenters. The van der Waals surface area contributed by atoms with E-state index in [1.807, 2.05) is 36.0 Å². The predicted molar refractivity (Wildman–Crippen MR) is 85.8 cm³/mol. The lowest BCUT2D eigenvalue weighted by molar-refractivity contribution is 0.319. The van der Waals surface area contributed by atoms with Crippen LogP contribution >= 0.6 is 27.7 Å². The molecule has 0 saturated carbocycles. The molecular formula is C15H16BrNOS. The molecule has 0 spiro atoms. The smallest absolute Gasteiger partial charge is 0.121 e. The van der Waals surface area contributed by atoms with Crippen LogP contribution in [0.2, 0.25) is 0 Å². The number of hydrogen-bond acceptors (Lipinski definition) is 3. The summed E-state index contributed by atoms with van der Waals surface area (Å²) in [5.74, 6) is 1.89. The van der Waals surface area contributed by atoms with E-state index in [1.165, 1.54) is 4.90 Å². The highest BCUT2D eigenvalue weighted by molar-refractivity contribution is 9.10. The van der Waals surface area contributed by atoms with E-state index in [4.69, 9.17) is 10.5 Å². The van der Waals surface area contributed by atoms with Crippen molar-refractivity contribution >= 4 is 33.4 Å². The molecular weight excluding hydrogens is 322 g/mol. The van der Waals surface area contributed by atoms with E-state index in [1.54, 1.807) is 0 Å². The summed E-state index contributed by atoms with van der Waals surface area (Å²) < 4.78 is 6.76. The van der Waals surface area contributed by atoms with Gasteiger partial charge in [-0.2, -0.15) is 0 Å². The second-order valence-corrected chi connectivity index (χ2v) is 6.16. The first-order valence-electron chi connectivity index (χ1n) is 6.11. The van der Waals surface area contributed by atoms with Crippen molar-refractivity contribution in [3.05, 3.63) is 53.0 Å². The van der Waals surface area contributed by atoms with Gasteiger partial charge in [0.15, 0.2) is 0 Å². The Morgan fingerprint density at radius 3 is 2.63 bits per heavy atom. The summed E-state index contributed by atoms with van der Waals surface area (Å²) in [5.41, 5.74) is 6.43. The van der Waals surface area contributed by atoms with Gasteiger partial charge < -0.3 is 10.5 Å². The maximum Gasteiger partial charge on any atom is 0.121 e. The highest BCUT2D eigenvalue weighted by Gasteiger charge is 1.96. The molecule has 0 heterocycles. The number of benzene rings is 2. The summed E-state index contributed by atoms with van der Waals surface area (Å²) in [6, 6.07) is 15.9. The van der Waals surface area contributed by atoms with Crippen molar-refractivity contribution in [2.24, 2.45) is 0 Å². The summed E-state index contributed by atoms with van der Waals surface area (Å²) in [5, 5.41) is 0. The monoisotopic (exact) mass is 337 g/mol. The topological polar surface area (TPSA) is 35.2 Å². The maximum atomic E-state index is 5.69. The van der Waals surface area contributed by atoms with Crippen LogP contribution in [0.4, 0.5) is 5.69 Å². The first kappa shape index (κ1) is 14.3. The number of ether oxygens (including phenoxy) is 1. The van der Waals surface area contributed by atoms with Gasteiger partial charge in [-0.05, 0) is 42.8 Å². The molecule has 0 fully saturated rings. The summed E-state index contributed by atoms with van der Waals surface area (Å²) >= 11 is 5.27. The second kappa shape index (κ2) is 7.46. The third kappa shape index (κ3) is 5.17. The third-order valence-electron chi connectivity index (χ3n) is 2.50. The molecule has 0 radical (unpaired) electrons. The minimum Gasteiger partial charge on any atom is -0.493 e. The number of halogens is 1. The van der Waals surface area contributed by atoms with Crippen molar-refractivity contribution in [2.45, 2.75) is 11.3 Å². The van der Waals surface area contributed by atoms with Crippen LogP contribution < -0.4 is 10.5 Å². The van der Waals surface area contributed by atoms with Crippen molar-refractivity contribution in [1.29, 1.82) is 0 Å². The molecule has 2 aromatic carbocycles. The van der Waals surface area contributed by atoms with Crippen molar-refractivity contribution in [1.82, 2.24) is 0 Å². The molecule has 19 heavy (non-hydrogen) atoms. The van der Waals surface area contributed by atoms with E-state index in [-0.39, 0.29) is 0 Å². The van der Waals surface area contributed by atoms with E-state index < -0.39 is 0 Å². The Morgan fingerprint density at radius 1 is 1.11 bits per heavy atom. The molecule has 0 aliphatic rings. The van der Waals surface area contributed by atoms with Crippen LogP contribution in [0.25, 0.3) is 0 Å². The Kier molecular flexibility index (Phi) is 5.61. The lowest BCUT2D eigenvalue weighted by Gasteiger charge is -2.06. The van der Waals surface area contributed by atoms with Gasteiger partial charge in [-0.1, -0.05) is 22.0 Å². The van der Waals surface area contributed by atoms with E-state index in [2.05, 4.69) is 40.2 Å². The van der Waals surface area contributed by atoms with Gasteiger partial charge in [-0.3, -0.25) is 0 Å². The Morgan fingerprint density at radius 2 is 1.89 bits per heavy atom. The molecule has 2 nitrogen and oxygen atoms in total. The van der Waals surface area contributed by atoms with Crippen molar-refractivity contribution in [3.8, 4) is 5.75 Å². The first-order valence-corrected chi connectivity index (χ1v) is 7.88. The largest absolute Gasteiger partial charge is 0.493 e. The van der Waals surface area contributed by atoms with Crippen molar-refractivity contribution in [3.63, 3.8) is 0 Å². The molecule has 0 aromatic heterocycles. The van der Waals surface area contributed by atoms with Gasteiger partial charge in [0.2, 0.25) is 0 Å². The zero-order chi connectivity index (χ0) is 13.5. The molecule has 100 valence electrons. The third-order valence-corrected chi connectivity index (χ3v) is 4.12. The predicted octanol–water partition coefficient (Wildman–Crippen LogP) is 4.59. The van der Waals surface area contributed by atoms with Gasteiger partial charge in [0.05, 0.1) is 6.61 Å². The quantitative estimate of drug-likeness (QED) is 0.475. The fourth-order valence-corrected chi connectivity index (χ4v) is 2.66. The standard InChI is InChI=1S/C15H16BrNOS/c16-12-5-7-15(8-6-12)19-10-2-9-18-14-4-1-3-13(17)11-14/h1,3-8,11H,2,9-10,17H2. The van der Waals surface area contributed by atoms with Gasteiger partial charge in [0.25, 0.3) is 0 Å².